The van der Waals surface area contributed by atoms with Crippen molar-refractivity contribution in [2.45, 2.75) is 28.7 Å². The van der Waals surface area contributed by atoms with Crippen LogP contribution in [0.1, 0.15) is 28.7 Å². The van der Waals surface area contributed by atoms with Crippen LogP contribution in [0.15, 0.2) is 0 Å². The van der Waals surface area contributed by atoms with Crippen LogP contribution < -0.4 is 113 Å². The van der Waals surface area contributed by atoms with Crippen molar-refractivity contribution in [3.05, 3.63) is 0 Å². The Kier molecular flexibility index (Phi) is 24.8. The Balaban J connectivity index is -0.000000163. The molecule has 0 aromatic carbocycles. The van der Waals surface area contributed by atoms with Crippen molar-refractivity contribution >= 4 is 27.6 Å². The number of carbonyl (C=O) groups excluding carboxylic acids is 2. The summed E-state index contributed by atoms with van der Waals surface area (Å²) in [4.78, 5) is 41.7. The van der Waals surface area contributed by atoms with Gasteiger partial charge in [-0.1, -0.05) is 14.9 Å². The topological polar surface area (TPSA) is 142 Å². The molecule has 0 aromatic heterocycles. The molecule has 0 N–H and O–H groups in total. The van der Waals surface area contributed by atoms with Gasteiger partial charge < -0.3 is 18.8 Å². The van der Waals surface area contributed by atoms with Crippen LogP contribution >= 0.6 is 15.6 Å². The number of hydrogen-bond donors (Lipinski definition) is 0. The van der Waals surface area contributed by atoms with Gasteiger partial charge in [0.25, 0.3) is 0 Å². The van der Waals surface area contributed by atoms with E-state index in [-0.39, 0.29) is 118 Å². The fourth-order valence-corrected chi connectivity index (χ4v) is 2.35. The predicted octanol–water partition coefficient (Wildman–Crippen LogP) is -5.65. The summed E-state index contributed by atoms with van der Waals surface area (Å²) < 4.78 is 31.7. The Labute approximate surface area is 197 Å². The second-order valence-corrected chi connectivity index (χ2v) is 4.95. The zero-order chi connectivity index (χ0) is 12.3. The average Bonchev–Trinajstić information content (AvgIpc) is 1.73. The molecule has 0 aliphatic carbocycles. The van der Waals surface area contributed by atoms with Crippen molar-refractivity contribution in [1.82, 2.24) is 0 Å². The van der Waals surface area contributed by atoms with Crippen molar-refractivity contribution in [2.75, 3.05) is 0 Å². The van der Waals surface area contributed by atoms with Gasteiger partial charge in [-0.05, 0) is 0 Å². The third-order valence-electron chi connectivity index (χ3n) is 0.681. The minimum atomic E-state index is -5.38. The summed E-state index contributed by atoms with van der Waals surface area (Å²) in [6.45, 7) is 1.44. The first-order valence-corrected chi connectivity index (χ1v) is 6.20. The summed E-state index contributed by atoms with van der Waals surface area (Å²) in [7, 11) is -10.8. The number of rotatable bonds is 4. The molecule has 0 bridgehead atoms. The molecule has 0 aliphatic rings. The Hall–Kier alpha value is 2.55. The normalized spacial score (nSPS) is 14.5. The molecule has 0 fully saturated rings. The minimum absolute atomic E-state index is 0. The Bertz CT molecular complexity index is 338. The minimum Gasteiger partial charge on any atom is -0.746 e. The van der Waals surface area contributed by atoms with Gasteiger partial charge in [-0.2, -0.15) is 0 Å². The van der Waals surface area contributed by atoms with E-state index in [0.717, 1.165) is 13.8 Å². The summed E-state index contributed by atoms with van der Waals surface area (Å²) in [6.07, 6.45) is 0. The summed E-state index contributed by atoms with van der Waals surface area (Å²) in [5, 5.41) is 0. The van der Waals surface area contributed by atoms with Gasteiger partial charge in [0.15, 0.2) is 0 Å². The molecule has 104 valence electrons. The van der Waals surface area contributed by atoms with Gasteiger partial charge >= 0.3 is 130 Å². The van der Waals surface area contributed by atoms with Gasteiger partial charge in [0, 0.05) is 13.8 Å². The fraction of sp³-hybridized carbons (Fsp3) is 0.667. The van der Waals surface area contributed by atoms with Crippen LogP contribution in [0.3, 0.4) is 0 Å². The first-order valence-electron chi connectivity index (χ1n) is 3.28. The first-order chi connectivity index (χ1) is 6.54. The maximum Gasteiger partial charge on any atom is 1.00 e. The zero-order valence-corrected chi connectivity index (χ0v) is 17.6. The van der Waals surface area contributed by atoms with E-state index >= 15 is 0 Å². The van der Waals surface area contributed by atoms with E-state index in [9.17, 15) is 28.5 Å². The molecule has 0 spiro atoms. The van der Waals surface area contributed by atoms with Crippen LogP contribution in [0.2, 0.25) is 0 Å². The molecular weight excluding hydrogens is 356 g/mol. The molecule has 0 saturated carbocycles. The van der Waals surface area contributed by atoms with Gasteiger partial charge in [-0.3, -0.25) is 18.7 Å². The smallest absolute Gasteiger partial charge is 0.746 e. The molecule has 2 atom stereocenters. The number of phosphoric acid groups is 2. The monoisotopic (exact) mass is 370 g/mol. The largest absolute Gasteiger partial charge is 1.00 e. The van der Waals surface area contributed by atoms with Crippen LogP contribution in [0.5, 0.6) is 0 Å². The van der Waals surface area contributed by atoms with E-state index in [4.69, 9.17) is 0 Å². The van der Waals surface area contributed by atoms with Crippen LogP contribution in [-0.4, -0.2) is 11.9 Å². The third kappa shape index (κ3) is 20.6. The van der Waals surface area contributed by atoms with Gasteiger partial charge in [-0.15, -0.1) is 0 Å². The Morgan fingerprint density at radius 3 is 1.21 bits per heavy atom. The zero-order valence-electron chi connectivity index (χ0n) is 9.57. The average molecular weight is 370 g/mol. The van der Waals surface area contributed by atoms with E-state index in [1.54, 1.807) is 0 Å². The summed E-state index contributed by atoms with van der Waals surface area (Å²) >= 11 is 0. The van der Waals surface area contributed by atoms with Crippen LogP contribution in [0.25, 0.3) is 0 Å². The second kappa shape index (κ2) is 14.2. The molecule has 0 aliphatic heterocycles. The third-order valence-corrected chi connectivity index (χ3v) is 3.24. The molecule has 2 unspecified atom stereocenters. The van der Waals surface area contributed by atoms with E-state index in [1.165, 1.54) is 0 Å². The number of hydrogen-bond acceptors (Lipinski definition) is 9. The van der Waals surface area contributed by atoms with E-state index in [0.29, 0.717) is 0 Å². The first kappa shape index (κ1) is 33.2. The molecule has 0 saturated heterocycles. The van der Waals surface area contributed by atoms with Crippen LogP contribution in [0.4, 0.5) is 0 Å². The summed E-state index contributed by atoms with van der Waals surface area (Å²) in [5.41, 5.74) is 0. The number of phosphoric ester groups is 2. The van der Waals surface area contributed by atoms with Crippen molar-refractivity contribution in [2.24, 2.45) is 0 Å². The molecule has 0 amide bonds. The standard InChI is InChI=1S/C4H8O9P2.2CH4.2K/c1-3(5)11-14(7,8)13-15(9,10)12-4(2)6;;;;/h1-2H3,(H,7,8)(H,9,10);2*1H4;;/q;;;2*+1/p-2. The van der Waals surface area contributed by atoms with Crippen molar-refractivity contribution in [3.63, 3.8) is 0 Å². The predicted molar refractivity (Wildman–Crippen MR) is 53.3 cm³/mol. The molecule has 0 radical (unpaired) electrons. The van der Waals surface area contributed by atoms with Crippen molar-refractivity contribution < 1.29 is 145 Å². The number of carbonyl (C=O) groups is 2. The van der Waals surface area contributed by atoms with Gasteiger partial charge in [0.05, 0.1) is 0 Å². The molecule has 19 heavy (non-hydrogen) atoms. The van der Waals surface area contributed by atoms with Crippen LogP contribution in [0, 0.1) is 0 Å². The second-order valence-electron chi connectivity index (χ2n) is 2.14. The van der Waals surface area contributed by atoms with Gasteiger partial charge in [0.1, 0.15) is 0 Å². The molecule has 13 heteroatoms. The fourth-order valence-electron chi connectivity index (χ4n) is 0.471. The Morgan fingerprint density at radius 2 is 1.05 bits per heavy atom. The Morgan fingerprint density at radius 1 is 0.842 bits per heavy atom. The molecule has 9 nitrogen and oxygen atoms in total. The maximum atomic E-state index is 10.6. The summed E-state index contributed by atoms with van der Waals surface area (Å²) in [5.74, 6) is -2.59. The molecule has 0 rings (SSSR count). The maximum absolute atomic E-state index is 10.6. The molecular formula is C6H14K2O9P2. The van der Waals surface area contributed by atoms with E-state index in [2.05, 4.69) is 13.4 Å². The molecule has 0 heterocycles. The van der Waals surface area contributed by atoms with E-state index in [1.807, 2.05) is 0 Å². The summed E-state index contributed by atoms with van der Waals surface area (Å²) in [6, 6.07) is 0. The van der Waals surface area contributed by atoms with E-state index < -0.39 is 27.6 Å². The van der Waals surface area contributed by atoms with Crippen LogP contribution in [-0.2, 0) is 32.1 Å². The van der Waals surface area contributed by atoms with Crippen molar-refractivity contribution in [1.29, 1.82) is 0 Å². The van der Waals surface area contributed by atoms with Crippen molar-refractivity contribution in [3.8, 4) is 0 Å². The van der Waals surface area contributed by atoms with Gasteiger partial charge in [-0.25, -0.2) is 4.31 Å². The SMILES string of the molecule is C.C.CC(=O)OP(=O)([O-])OP(=O)([O-])OC(C)=O.[K+].[K+]. The molecule has 0 aromatic rings. The van der Waals surface area contributed by atoms with Gasteiger partial charge in [0.2, 0.25) is 0 Å². The quantitative estimate of drug-likeness (QED) is 0.349.